The van der Waals surface area contributed by atoms with E-state index in [1.807, 2.05) is 20.8 Å². The lowest BCUT2D eigenvalue weighted by Crippen LogP contribution is -2.25. The van der Waals surface area contributed by atoms with Gasteiger partial charge in [-0.3, -0.25) is 14.2 Å². The molecule has 1 heterocycles. The summed E-state index contributed by atoms with van der Waals surface area (Å²) >= 11 is 0. The molecule has 0 radical (unpaired) electrons. The first kappa shape index (κ1) is 20.7. The van der Waals surface area contributed by atoms with E-state index in [-0.39, 0.29) is 10.9 Å². The van der Waals surface area contributed by atoms with Crippen LogP contribution in [-0.4, -0.2) is 15.3 Å². The van der Waals surface area contributed by atoms with Crippen LogP contribution < -0.4 is 5.49 Å². The van der Waals surface area contributed by atoms with Crippen LogP contribution in [0.5, 0.6) is 0 Å². The highest BCUT2D eigenvalue weighted by Crippen LogP contribution is 2.30. The number of carbonyl (C=O) groups is 1. The summed E-state index contributed by atoms with van der Waals surface area (Å²) in [5, 5.41) is 0. The summed E-state index contributed by atoms with van der Waals surface area (Å²) in [6, 6.07) is 3.35. The lowest BCUT2D eigenvalue weighted by Gasteiger charge is -2.20. The Morgan fingerprint density at radius 2 is 1.85 bits per heavy atom. The lowest BCUT2D eigenvalue weighted by atomic mass is 9.92. The molecule has 0 fully saturated rings. The molecule has 8 heteroatoms. The summed E-state index contributed by atoms with van der Waals surface area (Å²) in [4.78, 5) is 16.3. The van der Waals surface area contributed by atoms with Gasteiger partial charge in [0.1, 0.15) is 5.82 Å². The third-order valence-electron chi connectivity index (χ3n) is 4.05. The highest BCUT2D eigenvalue weighted by atomic mass is 19.4. The molecule has 0 aliphatic rings. The minimum Gasteiger partial charge on any atom is -0.290 e. The fourth-order valence-electron chi connectivity index (χ4n) is 2.73. The van der Waals surface area contributed by atoms with Crippen LogP contribution in [0, 0.1) is 5.82 Å². The van der Waals surface area contributed by atoms with E-state index in [0.717, 1.165) is 5.69 Å². The van der Waals surface area contributed by atoms with E-state index < -0.39 is 29.0 Å². The number of amides is 1. The fraction of sp³-hybridized carbons (Fsp3) is 0.368. The molecule has 0 aliphatic carbocycles. The Morgan fingerprint density at radius 3 is 2.37 bits per heavy atom. The van der Waals surface area contributed by atoms with Crippen molar-refractivity contribution in [2.24, 2.45) is 12.0 Å². The number of hydrogen-bond donors (Lipinski definition) is 0. The molecule has 0 unspecified atom stereocenters. The Balaban J connectivity index is 2.63. The average molecular weight is 383 g/mol. The molecule has 0 saturated heterocycles. The topological polar surface area (TPSA) is 39.3 Å². The predicted molar refractivity (Wildman–Crippen MR) is 93.6 cm³/mol. The van der Waals surface area contributed by atoms with Gasteiger partial charge in [0.2, 0.25) is 0 Å². The van der Waals surface area contributed by atoms with Crippen LogP contribution in [0.15, 0.2) is 41.9 Å². The second-order valence-electron chi connectivity index (χ2n) is 7.14. The Labute approximate surface area is 154 Å². The molecule has 0 spiro atoms. The SMILES string of the molecule is C=CCn1c(=NC(=O)c2cc(C(F)(F)F)ccc2F)cc(C(C)(C)C)n1C. The van der Waals surface area contributed by atoms with Crippen LogP contribution in [-0.2, 0) is 25.2 Å². The zero-order valence-electron chi connectivity index (χ0n) is 15.6. The molecule has 146 valence electrons. The van der Waals surface area contributed by atoms with E-state index in [2.05, 4.69) is 11.6 Å². The van der Waals surface area contributed by atoms with Crippen molar-refractivity contribution in [3.63, 3.8) is 0 Å². The Morgan fingerprint density at radius 1 is 1.22 bits per heavy atom. The van der Waals surface area contributed by atoms with Crippen LogP contribution in [0.2, 0.25) is 0 Å². The van der Waals surface area contributed by atoms with Gasteiger partial charge in [0, 0.05) is 24.2 Å². The van der Waals surface area contributed by atoms with Crippen molar-refractivity contribution in [2.45, 2.75) is 38.9 Å². The quantitative estimate of drug-likeness (QED) is 0.578. The van der Waals surface area contributed by atoms with Gasteiger partial charge in [-0.1, -0.05) is 26.8 Å². The van der Waals surface area contributed by atoms with Crippen LogP contribution in [0.3, 0.4) is 0 Å². The van der Waals surface area contributed by atoms with Crippen LogP contribution in [0.25, 0.3) is 0 Å². The number of carbonyl (C=O) groups excluding carboxylic acids is 1. The van der Waals surface area contributed by atoms with E-state index in [1.54, 1.807) is 28.6 Å². The Hall–Kier alpha value is -2.64. The number of aromatic nitrogens is 2. The van der Waals surface area contributed by atoms with Gasteiger partial charge in [-0.25, -0.2) is 4.39 Å². The second kappa shape index (κ2) is 7.17. The Bertz CT molecular complexity index is 943. The van der Waals surface area contributed by atoms with Gasteiger partial charge in [0.05, 0.1) is 17.7 Å². The van der Waals surface area contributed by atoms with Crippen LogP contribution >= 0.6 is 0 Å². The number of alkyl halides is 3. The molecule has 0 saturated carbocycles. The molecule has 1 aromatic heterocycles. The first-order chi connectivity index (χ1) is 12.4. The minimum absolute atomic E-state index is 0.212. The zero-order valence-corrected chi connectivity index (χ0v) is 15.6. The molecule has 2 aromatic rings. The predicted octanol–water partition coefficient (Wildman–Crippen LogP) is 4.21. The van der Waals surface area contributed by atoms with Gasteiger partial charge in [-0.05, 0) is 18.2 Å². The second-order valence-corrected chi connectivity index (χ2v) is 7.14. The van der Waals surface area contributed by atoms with Crippen LogP contribution in [0.4, 0.5) is 17.6 Å². The maximum atomic E-state index is 14.0. The van der Waals surface area contributed by atoms with Crippen molar-refractivity contribution in [2.75, 3.05) is 0 Å². The lowest BCUT2D eigenvalue weighted by molar-refractivity contribution is -0.137. The van der Waals surface area contributed by atoms with Crippen molar-refractivity contribution in [1.29, 1.82) is 0 Å². The summed E-state index contributed by atoms with van der Waals surface area (Å²) in [6.45, 7) is 9.89. The molecule has 0 atom stereocenters. The van der Waals surface area contributed by atoms with E-state index in [4.69, 9.17) is 0 Å². The molecule has 1 aromatic carbocycles. The van der Waals surface area contributed by atoms with E-state index >= 15 is 0 Å². The third-order valence-corrected chi connectivity index (χ3v) is 4.05. The molecule has 0 N–H and O–H groups in total. The van der Waals surface area contributed by atoms with Crippen molar-refractivity contribution in [3.8, 4) is 0 Å². The molecule has 1 amide bonds. The maximum Gasteiger partial charge on any atom is 0.416 e. The molecular weight excluding hydrogens is 362 g/mol. The molecule has 0 aliphatic heterocycles. The highest BCUT2D eigenvalue weighted by Gasteiger charge is 2.32. The van der Waals surface area contributed by atoms with E-state index in [1.165, 1.54) is 0 Å². The number of benzene rings is 1. The summed E-state index contributed by atoms with van der Waals surface area (Å²) < 4.78 is 56.0. The summed E-state index contributed by atoms with van der Waals surface area (Å²) in [6.07, 6.45) is -3.08. The highest BCUT2D eigenvalue weighted by molar-refractivity contribution is 5.95. The Kier molecular flexibility index (Phi) is 5.49. The molecule has 0 bridgehead atoms. The number of nitrogens with zero attached hydrogens (tertiary/aromatic N) is 3. The average Bonchev–Trinajstić information content (AvgIpc) is 2.84. The van der Waals surface area contributed by atoms with Crippen LogP contribution in [0.1, 0.15) is 42.4 Å². The maximum absolute atomic E-state index is 14.0. The van der Waals surface area contributed by atoms with Gasteiger partial charge >= 0.3 is 6.18 Å². The smallest absolute Gasteiger partial charge is 0.290 e. The summed E-state index contributed by atoms with van der Waals surface area (Å²) in [5.41, 5.74) is -1.04. The summed E-state index contributed by atoms with van der Waals surface area (Å²) in [7, 11) is 1.78. The van der Waals surface area contributed by atoms with Gasteiger partial charge in [-0.2, -0.15) is 18.2 Å². The molecule has 27 heavy (non-hydrogen) atoms. The van der Waals surface area contributed by atoms with E-state index in [9.17, 15) is 22.4 Å². The van der Waals surface area contributed by atoms with E-state index in [0.29, 0.717) is 24.7 Å². The summed E-state index contributed by atoms with van der Waals surface area (Å²) in [5.74, 6) is -2.14. The first-order valence-corrected chi connectivity index (χ1v) is 8.20. The van der Waals surface area contributed by atoms with Crippen molar-refractivity contribution in [3.05, 3.63) is 65.0 Å². The zero-order chi connectivity index (χ0) is 20.6. The van der Waals surface area contributed by atoms with Gasteiger partial charge < -0.3 is 0 Å². The molecule has 2 rings (SSSR count). The number of halogens is 4. The molecule has 4 nitrogen and oxygen atoms in total. The van der Waals surface area contributed by atoms with Gasteiger partial charge in [-0.15, -0.1) is 6.58 Å². The normalized spacial score (nSPS) is 13.1. The van der Waals surface area contributed by atoms with Gasteiger partial charge in [0.25, 0.3) is 5.91 Å². The first-order valence-electron chi connectivity index (χ1n) is 8.20. The fourth-order valence-corrected chi connectivity index (χ4v) is 2.73. The van der Waals surface area contributed by atoms with Crippen molar-refractivity contribution < 1.29 is 22.4 Å². The standard InChI is InChI=1S/C19H21F4N3O/c1-6-9-26-16(11-15(25(26)5)18(2,3)4)24-17(27)13-10-12(19(21,22)23)7-8-14(13)20/h6-8,10-11H,1,9H2,2-5H3. The number of hydrogen-bond acceptors (Lipinski definition) is 1. The monoisotopic (exact) mass is 383 g/mol. The number of rotatable bonds is 3. The van der Waals surface area contributed by atoms with Crippen molar-refractivity contribution >= 4 is 5.91 Å². The minimum atomic E-state index is -4.68. The van der Waals surface area contributed by atoms with Crippen molar-refractivity contribution in [1.82, 2.24) is 9.36 Å². The largest absolute Gasteiger partial charge is 0.416 e. The van der Waals surface area contributed by atoms with Gasteiger partial charge in [0.15, 0.2) is 5.49 Å². The number of allylic oxidation sites excluding steroid dienone is 1. The molecular formula is C19H21F4N3O. The third kappa shape index (κ3) is 4.37.